The van der Waals surface area contributed by atoms with Gasteiger partial charge in [0.1, 0.15) is 0 Å². The Balaban J connectivity index is 1.86. The van der Waals surface area contributed by atoms with E-state index in [0.717, 1.165) is 58.7 Å². The van der Waals surface area contributed by atoms with E-state index in [2.05, 4.69) is 24.1 Å². The molecule has 0 spiro atoms. The maximum Gasteiger partial charge on any atom is 0.241 e. The van der Waals surface area contributed by atoms with Crippen LogP contribution in [0.25, 0.3) is 0 Å². The summed E-state index contributed by atoms with van der Waals surface area (Å²) in [6, 6.07) is 0.0289. The molecule has 2 heterocycles. The Bertz CT molecular complexity index is 292. The minimum Gasteiger partial charge on any atom is -0.379 e. The molecule has 0 saturated carbocycles. The molecule has 0 radical (unpaired) electrons. The molecule has 0 aliphatic carbocycles. The van der Waals surface area contributed by atoms with E-state index < -0.39 is 0 Å². The highest BCUT2D eigenvalue weighted by Crippen LogP contribution is 2.17. The van der Waals surface area contributed by atoms with Crippen LogP contribution in [-0.2, 0) is 9.53 Å². The van der Waals surface area contributed by atoms with Crippen LogP contribution in [0.2, 0.25) is 0 Å². The van der Waals surface area contributed by atoms with Crippen molar-refractivity contribution in [1.29, 1.82) is 0 Å². The van der Waals surface area contributed by atoms with Gasteiger partial charge in [-0.1, -0.05) is 20.3 Å². The Morgan fingerprint density at radius 2 is 2.00 bits per heavy atom. The van der Waals surface area contributed by atoms with Crippen molar-refractivity contribution in [3.05, 3.63) is 0 Å². The van der Waals surface area contributed by atoms with Crippen LogP contribution in [0, 0.1) is 0 Å². The van der Waals surface area contributed by atoms with E-state index in [-0.39, 0.29) is 18.1 Å². The minimum atomic E-state index is 0.0289. The third-order valence-corrected chi connectivity index (χ3v) is 4.08. The summed E-state index contributed by atoms with van der Waals surface area (Å²) >= 11 is 0. The topological polar surface area (TPSA) is 44.8 Å². The molecule has 0 aromatic carbocycles. The van der Waals surface area contributed by atoms with E-state index >= 15 is 0 Å². The molecule has 2 aliphatic rings. The smallest absolute Gasteiger partial charge is 0.241 e. The van der Waals surface area contributed by atoms with Gasteiger partial charge in [0.25, 0.3) is 0 Å². The van der Waals surface area contributed by atoms with Crippen molar-refractivity contribution in [2.45, 2.75) is 45.3 Å². The second kappa shape index (κ2) is 7.22. The van der Waals surface area contributed by atoms with Gasteiger partial charge < -0.3 is 9.64 Å². The zero-order valence-electron chi connectivity index (χ0n) is 12.2. The van der Waals surface area contributed by atoms with Gasteiger partial charge in [-0.25, -0.2) is 0 Å². The number of rotatable bonds is 6. The largest absolute Gasteiger partial charge is 0.379 e. The summed E-state index contributed by atoms with van der Waals surface area (Å²) in [6.45, 7) is 9.68. The molecule has 1 N–H and O–H groups in total. The van der Waals surface area contributed by atoms with Crippen LogP contribution < -0.4 is 5.32 Å². The zero-order valence-corrected chi connectivity index (χ0v) is 12.2. The summed E-state index contributed by atoms with van der Waals surface area (Å²) in [5.41, 5.74) is 0. The molecule has 110 valence electrons. The number of amides is 1. The number of nitrogens with zero attached hydrogens (tertiary/aromatic N) is 2. The van der Waals surface area contributed by atoms with Crippen LogP contribution in [0.3, 0.4) is 0 Å². The van der Waals surface area contributed by atoms with Gasteiger partial charge in [0, 0.05) is 26.2 Å². The highest BCUT2D eigenvalue weighted by molar-refractivity contribution is 5.84. The van der Waals surface area contributed by atoms with E-state index in [4.69, 9.17) is 4.74 Å². The predicted molar refractivity (Wildman–Crippen MR) is 74.9 cm³/mol. The van der Waals surface area contributed by atoms with Gasteiger partial charge in [0.15, 0.2) is 0 Å². The first-order valence-electron chi connectivity index (χ1n) is 7.62. The molecule has 5 heteroatoms. The minimum absolute atomic E-state index is 0.0289. The first kappa shape index (κ1) is 14.8. The van der Waals surface area contributed by atoms with E-state index in [9.17, 15) is 4.79 Å². The molecule has 2 atom stereocenters. The lowest BCUT2D eigenvalue weighted by molar-refractivity contribution is -0.130. The van der Waals surface area contributed by atoms with E-state index in [1.165, 1.54) is 0 Å². The second-order valence-electron chi connectivity index (χ2n) is 5.42. The monoisotopic (exact) mass is 269 g/mol. The zero-order chi connectivity index (χ0) is 13.7. The highest BCUT2D eigenvalue weighted by atomic mass is 16.5. The van der Waals surface area contributed by atoms with E-state index in [1.54, 1.807) is 0 Å². The number of carbonyl (C=O) groups excluding carboxylic acids is 1. The van der Waals surface area contributed by atoms with Crippen LogP contribution in [0.15, 0.2) is 0 Å². The van der Waals surface area contributed by atoms with Crippen molar-refractivity contribution < 1.29 is 9.53 Å². The summed E-state index contributed by atoms with van der Waals surface area (Å²) < 4.78 is 5.35. The van der Waals surface area contributed by atoms with Crippen molar-refractivity contribution in [2.75, 3.05) is 39.4 Å². The summed E-state index contributed by atoms with van der Waals surface area (Å²) in [5.74, 6) is 0.286. The van der Waals surface area contributed by atoms with Gasteiger partial charge in [0.05, 0.1) is 25.4 Å². The van der Waals surface area contributed by atoms with Crippen molar-refractivity contribution in [1.82, 2.24) is 15.1 Å². The van der Waals surface area contributed by atoms with Crippen LogP contribution in [0.5, 0.6) is 0 Å². The summed E-state index contributed by atoms with van der Waals surface area (Å²) in [5, 5.41) is 3.46. The lowest BCUT2D eigenvalue weighted by Gasteiger charge is -2.30. The van der Waals surface area contributed by atoms with Crippen LogP contribution in [0.1, 0.15) is 33.1 Å². The first-order valence-corrected chi connectivity index (χ1v) is 7.62. The van der Waals surface area contributed by atoms with Gasteiger partial charge in [-0.2, -0.15) is 0 Å². The molecule has 5 nitrogen and oxygen atoms in total. The predicted octanol–water partition coefficient (Wildman–Crippen LogP) is 0.655. The number of morpholine rings is 1. The molecular formula is C14H27N3O2. The highest BCUT2D eigenvalue weighted by Gasteiger charge is 2.36. The molecule has 2 aliphatic heterocycles. The third kappa shape index (κ3) is 3.68. The number of hydrogen-bond donors (Lipinski definition) is 1. The number of hydrogen-bond acceptors (Lipinski definition) is 4. The Kier molecular flexibility index (Phi) is 5.60. The van der Waals surface area contributed by atoms with Crippen molar-refractivity contribution >= 4 is 5.91 Å². The first-order chi connectivity index (χ1) is 9.26. The molecule has 19 heavy (non-hydrogen) atoms. The number of ether oxygens (including phenoxy) is 1. The molecule has 2 fully saturated rings. The van der Waals surface area contributed by atoms with Crippen LogP contribution >= 0.6 is 0 Å². The Labute approximate surface area is 116 Å². The molecule has 2 saturated heterocycles. The fraction of sp³-hybridized carbons (Fsp3) is 0.929. The number of carbonyl (C=O) groups is 1. The SMILES string of the molecule is CCCC1NC(CC)C(=O)N1CCN1CCOCC1. The van der Waals surface area contributed by atoms with Crippen molar-refractivity contribution in [3.63, 3.8) is 0 Å². The fourth-order valence-electron chi connectivity index (χ4n) is 2.89. The molecule has 0 aromatic rings. The Morgan fingerprint density at radius 3 is 2.63 bits per heavy atom. The Hall–Kier alpha value is -0.650. The summed E-state index contributed by atoms with van der Waals surface area (Å²) in [7, 11) is 0. The molecule has 2 rings (SSSR count). The van der Waals surface area contributed by atoms with Gasteiger partial charge in [-0.3, -0.25) is 15.0 Å². The van der Waals surface area contributed by atoms with Gasteiger partial charge in [0.2, 0.25) is 5.91 Å². The average Bonchev–Trinajstić information content (AvgIpc) is 2.74. The molecule has 2 unspecified atom stereocenters. The summed E-state index contributed by atoms with van der Waals surface area (Å²) in [4.78, 5) is 16.8. The summed E-state index contributed by atoms with van der Waals surface area (Å²) in [6.07, 6.45) is 3.27. The van der Waals surface area contributed by atoms with Crippen molar-refractivity contribution in [3.8, 4) is 0 Å². The molecule has 0 bridgehead atoms. The average molecular weight is 269 g/mol. The maximum atomic E-state index is 12.3. The molecule has 1 amide bonds. The Morgan fingerprint density at radius 1 is 1.26 bits per heavy atom. The van der Waals surface area contributed by atoms with Crippen LogP contribution in [0.4, 0.5) is 0 Å². The lowest BCUT2D eigenvalue weighted by Crippen LogP contribution is -2.45. The molecular weight excluding hydrogens is 242 g/mol. The quantitative estimate of drug-likeness (QED) is 0.769. The van der Waals surface area contributed by atoms with Gasteiger partial charge in [-0.15, -0.1) is 0 Å². The maximum absolute atomic E-state index is 12.3. The normalized spacial score (nSPS) is 29.2. The molecule has 0 aromatic heterocycles. The second-order valence-corrected chi connectivity index (χ2v) is 5.42. The third-order valence-electron chi connectivity index (χ3n) is 4.08. The van der Waals surface area contributed by atoms with E-state index in [1.807, 2.05) is 4.90 Å². The lowest BCUT2D eigenvalue weighted by atomic mass is 10.2. The fourth-order valence-corrected chi connectivity index (χ4v) is 2.89. The van der Waals surface area contributed by atoms with E-state index in [0.29, 0.717) is 0 Å². The van der Waals surface area contributed by atoms with Gasteiger partial charge in [-0.05, 0) is 12.8 Å². The van der Waals surface area contributed by atoms with Gasteiger partial charge >= 0.3 is 0 Å². The number of nitrogens with one attached hydrogen (secondary N) is 1. The van der Waals surface area contributed by atoms with Crippen molar-refractivity contribution in [2.24, 2.45) is 0 Å². The van der Waals surface area contributed by atoms with Crippen LogP contribution in [-0.4, -0.2) is 67.3 Å². The standard InChI is InChI=1S/C14H27N3O2/c1-3-5-13-15-12(4-2)14(18)17(13)7-6-16-8-10-19-11-9-16/h12-13,15H,3-11H2,1-2H3.